The molecule has 0 radical (unpaired) electrons. The van der Waals surface area contributed by atoms with Crippen LogP contribution in [0.1, 0.15) is 0 Å². The molecule has 0 amide bonds. The Bertz CT molecular complexity index is 408. The first-order valence-corrected chi connectivity index (χ1v) is 9.54. The molecule has 24 heavy (non-hydrogen) atoms. The predicted octanol–water partition coefficient (Wildman–Crippen LogP) is 1.77. The van der Waals surface area contributed by atoms with Crippen molar-refractivity contribution in [1.29, 1.82) is 10.5 Å². The van der Waals surface area contributed by atoms with Gasteiger partial charge in [-0.3, -0.25) is 0 Å². The third-order valence-corrected chi connectivity index (χ3v) is 4.61. The number of hydrogen-bond donors (Lipinski definition) is 0. The quantitative estimate of drug-likeness (QED) is 0.628. The van der Waals surface area contributed by atoms with E-state index in [9.17, 15) is 10.5 Å². The second-order valence-corrected chi connectivity index (χ2v) is 6.39. The smallest absolute Gasteiger partial charge is 0.111 e. The Morgan fingerprint density at radius 1 is 0.583 bits per heavy atom. The first-order valence-electron chi connectivity index (χ1n) is 7.57. The molecular formula is C15H22N2O5S2. The maximum atomic E-state index is 9.18. The van der Waals surface area contributed by atoms with Crippen molar-refractivity contribution in [3.63, 3.8) is 0 Å². The summed E-state index contributed by atoms with van der Waals surface area (Å²) in [5, 5.41) is 18.4. The highest BCUT2D eigenvalue weighted by molar-refractivity contribution is 8.07. The molecule has 134 valence electrons. The molecule has 0 aromatic heterocycles. The lowest BCUT2D eigenvalue weighted by molar-refractivity contribution is -0.00728. The first-order chi connectivity index (χ1) is 11.9. The average molecular weight is 374 g/mol. The van der Waals surface area contributed by atoms with E-state index >= 15 is 0 Å². The van der Waals surface area contributed by atoms with Gasteiger partial charge >= 0.3 is 0 Å². The Kier molecular flexibility index (Phi) is 13.9. The van der Waals surface area contributed by atoms with Crippen molar-refractivity contribution in [2.24, 2.45) is 0 Å². The second-order valence-electron chi connectivity index (χ2n) is 4.35. The summed E-state index contributed by atoms with van der Waals surface area (Å²) in [7, 11) is 0. The van der Waals surface area contributed by atoms with Crippen molar-refractivity contribution in [3.8, 4) is 12.1 Å². The number of thioether (sulfide) groups is 2. The third-order valence-electron chi connectivity index (χ3n) is 2.66. The Morgan fingerprint density at radius 2 is 1.00 bits per heavy atom. The minimum absolute atomic E-state index is 0.308. The number of nitriles is 2. The summed E-state index contributed by atoms with van der Waals surface area (Å²) >= 11 is 2.53. The van der Waals surface area contributed by atoms with E-state index in [2.05, 4.69) is 12.1 Å². The predicted molar refractivity (Wildman–Crippen MR) is 92.4 cm³/mol. The molecule has 7 nitrogen and oxygen atoms in total. The zero-order valence-electron chi connectivity index (χ0n) is 13.5. The van der Waals surface area contributed by atoms with Crippen LogP contribution in [0, 0.1) is 22.7 Å². The molecular weight excluding hydrogens is 352 g/mol. The van der Waals surface area contributed by atoms with Gasteiger partial charge in [-0.05, 0) is 0 Å². The van der Waals surface area contributed by atoms with Crippen LogP contribution in [0.2, 0.25) is 0 Å². The second kappa shape index (κ2) is 15.7. The van der Waals surface area contributed by atoms with Crippen LogP contribution in [0.5, 0.6) is 0 Å². The molecule has 0 spiro atoms. The molecule has 0 saturated heterocycles. The molecule has 1 aliphatic rings. The van der Waals surface area contributed by atoms with Gasteiger partial charge in [0.2, 0.25) is 0 Å². The fourth-order valence-corrected chi connectivity index (χ4v) is 3.10. The van der Waals surface area contributed by atoms with Crippen molar-refractivity contribution >= 4 is 23.5 Å². The normalized spacial score (nSPS) is 24.4. The van der Waals surface area contributed by atoms with Crippen LogP contribution in [0.4, 0.5) is 0 Å². The Labute approximate surface area is 151 Å². The van der Waals surface area contributed by atoms with Crippen LogP contribution in [0.3, 0.4) is 0 Å². The molecule has 1 heterocycles. The highest BCUT2D eigenvalue weighted by Gasteiger charge is 2.08. The number of nitrogens with zero attached hydrogens (tertiary/aromatic N) is 2. The van der Waals surface area contributed by atoms with Crippen molar-refractivity contribution in [3.05, 3.63) is 9.81 Å². The molecule has 0 unspecified atom stereocenters. The summed E-state index contributed by atoms with van der Waals surface area (Å²) in [4.78, 5) is 0.767. The summed E-state index contributed by atoms with van der Waals surface area (Å²) in [5.74, 6) is 0.911. The molecule has 0 aliphatic carbocycles. The van der Waals surface area contributed by atoms with E-state index in [1.54, 1.807) is 0 Å². The van der Waals surface area contributed by atoms with Crippen LogP contribution in [0.25, 0.3) is 0 Å². The topological polar surface area (TPSA) is 93.7 Å². The third kappa shape index (κ3) is 10.9. The first kappa shape index (κ1) is 21.3. The van der Waals surface area contributed by atoms with Crippen molar-refractivity contribution in [2.45, 2.75) is 0 Å². The van der Waals surface area contributed by atoms with Gasteiger partial charge in [0.1, 0.15) is 21.9 Å². The monoisotopic (exact) mass is 374 g/mol. The highest BCUT2D eigenvalue weighted by atomic mass is 32.2. The molecule has 9 heteroatoms. The largest absolute Gasteiger partial charge is 0.378 e. The molecule has 0 aromatic carbocycles. The lowest BCUT2D eigenvalue weighted by Gasteiger charge is -2.09. The fraction of sp³-hybridized carbons (Fsp3) is 0.733. The maximum absolute atomic E-state index is 9.18. The van der Waals surface area contributed by atoms with Gasteiger partial charge < -0.3 is 23.7 Å². The van der Waals surface area contributed by atoms with Gasteiger partial charge in [0.25, 0.3) is 0 Å². The molecule has 0 saturated carbocycles. The molecule has 1 aliphatic heterocycles. The van der Waals surface area contributed by atoms with Crippen molar-refractivity contribution in [2.75, 3.05) is 71.2 Å². The van der Waals surface area contributed by atoms with Gasteiger partial charge in [-0.15, -0.1) is 11.8 Å². The van der Waals surface area contributed by atoms with Gasteiger partial charge in [-0.2, -0.15) is 10.5 Å². The van der Waals surface area contributed by atoms with Crippen LogP contribution < -0.4 is 0 Å². The minimum Gasteiger partial charge on any atom is -0.378 e. The van der Waals surface area contributed by atoms with Crippen molar-refractivity contribution < 1.29 is 23.7 Å². The van der Waals surface area contributed by atoms with E-state index in [-0.39, 0.29) is 0 Å². The van der Waals surface area contributed by atoms with E-state index in [1.807, 2.05) is 0 Å². The van der Waals surface area contributed by atoms with Crippen LogP contribution in [-0.2, 0) is 23.7 Å². The molecule has 0 fully saturated rings. The fourth-order valence-electron chi connectivity index (χ4n) is 1.54. The molecule has 0 atom stereocenters. The van der Waals surface area contributed by atoms with Crippen molar-refractivity contribution in [1.82, 2.24) is 0 Å². The number of rotatable bonds is 0. The maximum Gasteiger partial charge on any atom is 0.111 e. The highest BCUT2D eigenvalue weighted by Crippen LogP contribution is 2.26. The number of hydrogen-bond acceptors (Lipinski definition) is 9. The summed E-state index contributed by atoms with van der Waals surface area (Å²) in [5.41, 5.74) is 0. The molecule has 0 aromatic rings. The lowest BCUT2D eigenvalue weighted by Crippen LogP contribution is -2.13. The van der Waals surface area contributed by atoms with Gasteiger partial charge in [0, 0.05) is 5.75 Å². The van der Waals surface area contributed by atoms with E-state index < -0.39 is 0 Å². The molecule has 0 bridgehead atoms. The molecule has 0 N–H and O–H groups in total. The minimum atomic E-state index is 0.308. The van der Waals surface area contributed by atoms with Crippen LogP contribution in [-0.4, -0.2) is 71.2 Å². The Hall–Kier alpha value is -0.780. The SMILES string of the molecule is N#C/C1=C(/C#N)SCOCCOCCOCCOCCOCCS1. The Balaban J connectivity index is 2.42. The summed E-state index contributed by atoms with van der Waals surface area (Å²) < 4.78 is 26.9. The standard InChI is InChI=1S/C15H22N2O5S2/c16-11-14-15(12-17)24-13-22-8-7-20-4-3-18-1-2-19-5-6-21-9-10-23-14/h1-10,13H2/b15-14+. The number of allylic oxidation sites excluding steroid dienone is 2. The van der Waals surface area contributed by atoms with E-state index in [1.165, 1.54) is 23.5 Å². The summed E-state index contributed by atoms with van der Waals surface area (Å²) in [6.07, 6.45) is 0. The van der Waals surface area contributed by atoms with Gasteiger partial charge in [0.05, 0.1) is 65.4 Å². The van der Waals surface area contributed by atoms with Gasteiger partial charge in [-0.25, -0.2) is 0 Å². The zero-order chi connectivity index (χ0) is 17.3. The summed E-state index contributed by atoms with van der Waals surface area (Å²) in [6.45, 7) is 4.43. The van der Waals surface area contributed by atoms with E-state index in [0.717, 1.165) is 0 Å². The zero-order valence-corrected chi connectivity index (χ0v) is 15.2. The van der Waals surface area contributed by atoms with E-state index in [0.29, 0.717) is 81.0 Å². The Morgan fingerprint density at radius 3 is 1.50 bits per heavy atom. The molecule has 1 rings (SSSR count). The van der Waals surface area contributed by atoms with Gasteiger partial charge in [0.15, 0.2) is 0 Å². The lowest BCUT2D eigenvalue weighted by atomic mass is 10.5. The summed E-state index contributed by atoms with van der Waals surface area (Å²) in [6, 6.07) is 4.12. The number of ether oxygens (including phenoxy) is 5. The van der Waals surface area contributed by atoms with Crippen LogP contribution >= 0.6 is 23.5 Å². The van der Waals surface area contributed by atoms with E-state index in [4.69, 9.17) is 23.7 Å². The van der Waals surface area contributed by atoms with Gasteiger partial charge in [-0.1, -0.05) is 11.8 Å². The van der Waals surface area contributed by atoms with Crippen LogP contribution in [0.15, 0.2) is 9.81 Å². The average Bonchev–Trinajstić information content (AvgIpc) is 2.60.